The second-order valence-electron chi connectivity index (χ2n) is 12.0. The first kappa shape index (κ1) is 34.8. The number of rotatable bonds is 4. The van der Waals surface area contributed by atoms with Gasteiger partial charge < -0.3 is 24.0 Å². The molecule has 0 bridgehead atoms. The van der Waals surface area contributed by atoms with Crippen LogP contribution in [0.25, 0.3) is 0 Å². The molecule has 2 saturated carbocycles. The molecule has 196 valence electrons. The predicted octanol–water partition coefficient (Wildman–Crippen LogP) is 9.23. The maximum atomic E-state index is 4.93. The van der Waals surface area contributed by atoms with Gasteiger partial charge in [-0.15, -0.1) is 0 Å². The first-order chi connectivity index (χ1) is 14.6. The summed E-state index contributed by atoms with van der Waals surface area (Å²) in [5.74, 6) is 2.02. The van der Waals surface area contributed by atoms with E-state index in [1.165, 1.54) is 90.4 Å². The van der Waals surface area contributed by atoms with Crippen LogP contribution in [0, 0.1) is 26.7 Å². The van der Waals surface area contributed by atoms with Crippen LogP contribution >= 0.6 is 17.0 Å². The Morgan fingerprint density at radius 1 is 0.606 bits per heavy atom. The second-order valence-corrected chi connectivity index (χ2v) is 25.2. The fraction of sp³-hybridized carbons (Fsp3) is 0.923. The summed E-state index contributed by atoms with van der Waals surface area (Å²) in [7, 11) is 7.78. The molecule has 4 aliphatic rings. The van der Waals surface area contributed by atoms with E-state index in [0.29, 0.717) is 0 Å². The van der Waals surface area contributed by atoms with Gasteiger partial charge in [-0.3, -0.25) is 0 Å². The van der Waals surface area contributed by atoms with Gasteiger partial charge in [0.15, 0.2) is 0 Å². The van der Waals surface area contributed by atoms with Crippen molar-refractivity contribution in [3.05, 3.63) is 14.9 Å². The van der Waals surface area contributed by atoms with Crippen molar-refractivity contribution >= 4 is 33.5 Å². The minimum atomic E-state index is -1.05. The molecule has 0 aromatic carbocycles. The summed E-state index contributed by atoms with van der Waals surface area (Å²) >= 11 is -0.826. The fourth-order valence-corrected chi connectivity index (χ4v) is 14.5. The normalized spacial score (nSPS) is 30.3. The summed E-state index contributed by atoms with van der Waals surface area (Å²) in [6.07, 6.45) is 14.9. The molecule has 2 heterocycles. The van der Waals surface area contributed by atoms with Crippen LogP contribution in [0.15, 0.2) is 0 Å². The molecule has 2 saturated heterocycles. The molecule has 2 aliphatic heterocycles. The third kappa shape index (κ3) is 10.2. The van der Waals surface area contributed by atoms with Crippen LogP contribution < -0.4 is 0 Å². The van der Waals surface area contributed by atoms with Crippen LogP contribution in [0.4, 0.5) is 0 Å². The van der Waals surface area contributed by atoms with Gasteiger partial charge in [0.2, 0.25) is 0 Å². The average Bonchev–Trinajstić information content (AvgIpc) is 3.49. The Labute approximate surface area is 230 Å². The molecule has 4 atom stereocenters. The van der Waals surface area contributed by atoms with Crippen molar-refractivity contribution in [3.63, 3.8) is 0 Å². The van der Waals surface area contributed by atoms with Crippen molar-refractivity contribution in [2.75, 3.05) is 26.2 Å². The van der Waals surface area contributed by atoms with Gasteiger partial charge in [0, 0.05) is 0 Å². The van der Waals surface area contributed by atoms with Crippen LogP contribution in [0.5, 0.6) is 0 Å². The van der Waals surface area contributed by atoms with Crippen molar-refractivity contribution in [2.45, 2.75) is 115 Å². The number of hydrogen-bond acceptors (Lipinski definition) is 2. The van der Waals surface area contributed by atoms with Gasteiger partial charge >= 0.3 is 37.9 Å². The monoisotopic (exact) mass is 612 g/mol. The molecule has 4 fully saturated rings. The fourth-order valence-electron chi connectivity index (χ4n) is 6.80. The first-order valence-corrected chi connectivity index (χ1v) is 25.5. The van der Waals surface area contributed by atoms with Crippen molar-refractivity contribution in [3.8, 4) is 0 Å². The second kappa shape index (κ2) is 16.6. The molecule has 2 aliphatic carbocycles. The molecule has 2 nitrogen and oxygen atoms in total. The Morgan fingerprint density at radius 3 is 1.09 bits per heavy atom. The van der Waals surface area contributed by atoms with E-state index in [1.54, 1.807) is 0 Å². The van der Waals surface area contributed by atoms with Gasteiger partial charge in [0.05, 0.1) is 0 Å². The van der Waals surface area contributed by atoms with Crippen LogP contribution in [-0.2, 0) is 20.8 Å². The zero-order valence-corrected chi connectivity index (χ0v) is 29.3. The van der Waals surface area contributed by atoms with Crippen molar-refractivity contribution in [1.82, 2.24) is 9.13 Å². The number of halogens is 2. The van der Waals surface area contributed by atoms with E-state index in [0.717, 1.165) is 22.9 Å². The molecule has 0 amide bonds. The molecule has 4 unspecified atom stereocenters. The van der Waals surface area contributed by atoms with Crippen LogP contribution in [0.3, 0.4) is 0 Å². The zero-order valence-electron chi connectivity index (χ0n) is 23.4. The van der Waals surface area contributed by atoms with E-state index >= 15 is 0 Å². The molecular formula is C26H56Cl2N2Si2Zr. The van der Waals surface area contributed by atoms with Gasteiger partial charge in [-0.05, 0) is 87.6 Å². The molecule has 0 spiro atoms. The Kier molecular flexibility index (Phi) is 17.5. The summed E-state index contributed by atoms with van der Waals surface area (Å²) in [6, 6.07) is 0. The standard InChI is InChI=1S/2C12H25NSi.2CH3.2ClH.Zr/c2*1-11-6-7-12(10-11)14(2,3)13-8-4-5-9-13;;;;;/h2*11-12H,4-10H2,1-3H3;2*1H3;2*1H;/q;;2*-1;;;+4/p-2. The van der Waals surface area contributed by atoms with Gasteiger partial charge in [-0.2, -0.15) is 0 Å². The Hall–Kier alpha value is 1.82. The summed E-state index contributed by atoms with van der Waals surface area (Å²) in [5, 5.41) is 0. The molecular weight excluding hydrogens is 559 g/mol. The first-order valence-electron chi connectivity index (χ1n) is 13.1. The molecule has 7 heteroatoms. The molecule has 0 aromatic rings. The van der Waals surface area contributed by atoms with Gasteiger partial charge in [0.25, 0.3) is 0 Å². The Bertz CT molecular complexity index is 469. The third-order valence-corrected chi connectivity index (χ3v) is 18.4. The SMILES string of the molecule is CC1CCC([Si](C)(C)N2CCCC2)C1.CC1CCC([Si](C)(C)N2CCCC2)C1.[CH3-].[CH3-].[Cl][Zr+2][Cl]. The molecule has 0 radical (unpaired) electrons. The van der Waals surface area contributed by atoms with Gasteiger partial charge in [-0.25, -0.2) is 0 Å². The Morgan fingerprint density at radius 2 is 0.879 bits per heavy atom. The topological polar surface area (TPSA) is 6.48 Å². The Balaban J connectivity index is 0.000000527. The summed E-state index contributed by atoms with van der Waals surface area (Å²) in [4.78, 5) is 0. The summed E-state index contributed by atoms with van der Waals surface area (Å²) in [5.41, 5.74) is 2.19. The minimum absolute atomic E-state index is 0. The zero-order chi connectivity index (χ0) is 23.1. The number of nitrogens with zero attached hydrogens (tertiary/aromatic N) is 2. The average molecular weight is 615 g/mol. The predicted molar refractivity (Wildman–Crippen MR) is 155 cm³/mol. The maximum absolute atomic E-state index is 4.93. The molecule has 0 aromatic heterocycles. The quantitative estimate of drug-likeness (QED) is 0.230. The van der Waals surface area contributed by atoms with E-state index in [9.17, 15) is 0 Å². The van der Waals surface area contributed by atoms with Crippen LogP contribution in [0.1, 0.15) is 78.1 Å². The van der Waals surface area contributed by atoms with Crippen molar-refractivity contribution in [2.24, 2.45) is 11.8 Å². The van der Waals surface area contributed by atoms with Crippen LogP contribution in [0.2, 0.25) is 37.3 Å². The molecule has 33 heavy (non-hydrogen) atoms. The number of hydrogen-bond donors (Lipinski definition) is 0. The van der Waals surface area contributed by atoms with E-state index < -0.39 is 37.3 Å². The van der Waals surface area contributed by atoms with E-state index in [4.69, 9.17) is 17.0 Å². The third-order valence-electron chi connectivity index (χ3n) is 9.23. The molecule has 0 N–H and O–H groups in total. The summed E-state index contributed by atoms with van der Waals surface area (Å²) in [6.45, 7) is 21.0. The van der Waals surface area contributed by atoms with Crippen molar-refractivity contribution in [1.29, 1.82) is 0 Å². The van der Waals surface area contributed by atoms with E-state index in [1.807, 2.05) is 0 Å². The van der Waals surface area contributed by atoms with Gasteiger partial charge in [-0.1, -0.05) is 65.7 Å². The van der Waals surface area contributed by atoms with Crippen LogP contribution in [-0.4, -0.2) is 51.8 Å². The summed E-state index contributed by atoms with van der Waals surface area (Å²) < 4.78 is 5.74. The van der Waals surface area contributed by atoms with Crippen molar-refractivity contribution < 1.29 is 20.8 Å². The molecule has 4 rings (SSSR count). The van der Waals surface area contributed by atoms with E-state index in [2.05, 4.69) is 49.2 Å². The van der Waals surface area contributed by atoms with E-state index in [-0.39, 0.29) is 14.9 Å². The van der Waals surface area contributed by atoms with Gasteiger partial charge in [0.1, 0.15) is 16.5 Å².